The minimum atomic E-state index is -0.162. The number of nitrogens with one attached hydrogen (secondary N) is 1. The summed E-state index contributed by atoms with van der Waals surface area (Å²) in [5.41, 5.74) is 7.05. The van der Waals surface area contributed by atoms with E-state index in [0.29, 0.717) is 10.7 Å². The fraction of sp³-hybridized carbons (Fsp3) is 0.467. The van der Waals surface area contributed by atoms with E-state index >= 15 is 0 Å². The Morgan fingerprint density at radius 1 is 1.53 bits per heavy atom. The molecule has 0 aliphatic heterocycles. The Labute approximate surface area is 118 Å². The van der Waals surface area contributed by atoms with Gasteiger partial charge >= 0.3 is 0 Å². The summed E-state index contributed by atoms with van der Waals surface area (Å²) >= 11 is 6.19. The van der Waals surface area contributed by atoms with Crippen molar-refractivity contribution in [3.8, 4) is 0 Å². The first-order valence-corrected chi connectivity index (χ1v) is 6.96. The molecule has 0 spiro atoms. The van der Waals surface area contributed by atoms with E-state index in [-0.39, 0.29) is 11.5 Å². The van der Waals surface area contributed by atoms with E-state index in [1.54, 1.807) is 12.1 Å². The summed E-state index contributed by atoms with van der Waals surface area (Å²) in [6, 6.07) is 5.64. The molecule has 0 saturated heterocycles. The summed E-state index contributed by atoms with van der Waals surface area (Å²) in [6.45, 7) is 2.10. The van der Waals surface area contributed by atoms with Crippen LogP contribution in [-0.2, 0) is 4.79 Å². The Morgan fingerprint density at radius 3 is 3.00 bits per heavy atom. The van der Waals surface area contributed by atoms with Gasteiger partial charge in [-0.05, 0) is 31.0 Å². The topological polar surface area (TPSA) is 55.1 Å². The largest absolute Gasteiger partial charge is 0.399 e. The maximum Gasteiger partial charge on any atom is 0.120 e. The number of carbonyl (C=O) groups excluding carboxylic acids is 1. The molecular weight excluding hydrogens is 260 g/mol. The molecule has 19 heavy (non-hydrogen) atoms. The van der Waals surface area contributed by atoms with Gasteiger partial charge in [-0.15, -0.1) is 0 Å². The minimum Gasteiger partial charge on any atom is -0.399 e. The lowest BCUT2D eigenvalue weighted by Crippen LogP contribution is -2.40. The molecule has 1 fully saturated rings. The fourth-order valence-corrected chi connectivity index (χ4v) is 2.98. The van der Waals surface area contributed by atoms with Crippen LogP contribution in [0.2, 0.25) is 5.02 Å². The zero-order valence-corrected chi connectivity index (χ0v) is 11.8. The number of hydrogen-bond acceptors (Lipinski definition) is 3. The summed E-state index contributed by atoms with van der Waals surface area (Å²) in [4.78, 5) is 10.7. The second-order valence-electron chi connectivity index (χ2n) is 5.45. The Balaban J connectivity index is 2.22. The third-order valence-electron chi connectivity index (χ3n) is 3.97. The molecule has 0 aromatic heterocycles. The zero-order valence-electron chi connectivity index (χ0n) is 11.1. The standard InChI is InChI=1S/C15H19ClN2O/c1-15(8-9-19)7-3-2-4-14(15)18-13-6-5-11(17)10-12(13)16/h5-6,8,10,14,18H,2-4,7,17H2,1H3. The van der Waals surface area contributed by atoms with Crippen molar-refractivity contribution in [1.29, 1.82) is 0 Å². The van der Waals surface area contributed by atoms with Crippen LogP contribution in [0, 0.1) is 5.41 Å². The number of anilines is 2. The third kappa shape index (κ3) is 3.12. The SMILES string of the molecule is CC1(C=C=O)CCCCC1Nc1ccc(N)cc1Cl. The van der Waals surface area contributed by atoms with Crippen LogP contribution >= 0.6 is 11.6 Å². The van der Waals surface area contributed by atoms with E-state index < -0.39 is 0 Å². The van der Waals surface area contributed by atoms with E-state index in [0.717, 1.165) is 31.4 Å². The highest BCUT2D eigenvalue weighted by Gasteiger charge is 2.35. The quantitative estimate of drug-likeness (QED) is 0.655. The van der Waals surface area contributed by atoms with Gasteiger partial charge in [-0.3, -0.25) is 0 Å². The monoisotopic (exact) mass is 278 g/mol. The molecule has 2 unspecified atom stereocenters. The molecule has 4 heteroatoms. The molecule has 0 amide bonds. The fourth-order valence-electron chi connectivity index (χ4n) is 2.74. The molecule has 1 aliphatic rings. The van der Waals surface area contributed by atoms with E-state index in [4.69, 9.17) is 17.3 Å². The van der Waals surface area contributed by atoms with Crippen LogP contribution in [0.15, 0.2) is 24.3 Å². The Bertz CT molecular complexity index is 511. The predicted molar refractivity (Wildman–Crippen MR) is 80.1 cm³/mol. The van der Waals surface area contributed by atoms with Gasteiger partial charge in [0.05, 0.1) is 10.7 Å². The van der Waals surface area contributed by atoms with Crippen LogP contribution in [0.1, 0.15) is 32.6 Å². The van der Waals surface area contributed by atoms with Crippen molar-refractivity contribution in [3.63, 3.8) is 0 Å². The molecule has 1 saturated carbocycles. The molecular formula is C15H19ClN2O. The molecule has 3 N–H and O–H groups in total. The van der Waals surface area contributed by atoms with Crippen molar-refractivity contribution < 1.29 is 4.79 Å². The van der Waals surface area contributed by atoms with E-state index in [1.165, 1.54) is 0 Å². The maximum atomic E-state index is 10.7. The summed E-state index contributed by atoms with van der Waals surface area (Å²) in [7, 11) is 0. The number of nitrogen functional groups attached to an aromatic ring is 1. The first-order chi connectivity index (χ1) is 9.05. The van der Waals surface area contributed by atoms with Gasteiger partial charge < -0.3 is 11.1 Å². The normalized spacial score (nSPS) is 26.5. The van der Waals surface area contributed by atoms with Crippen molar-refractivity contribution in [2.75, 3.05) is 11.1 Å². The van der Waals surface area contributed by atoms with Crippen LogP contribution in [0.5, 0.6) is 0 Å². The number of halogens is 1. The van der Waals surface area contributed by atoms with Gasteiger partial charge in [-0.25, -0.2) is 4.79 Å². The van der Waals surface area contributed by atoms with E-state index in [1.807, 2.05) is 18.1 Å². The van der Waals surface area contributed by atoms with Gasteiger partial charge in [0, 0.05) is 23.2 Å². The second-order valence-corrected chi connectivity index (χ2v) is 5.86. The number of hydrogen-bond donors (Lipinski definition) is 2. The highest BCUT2D eigenvalue weighted by atomic mass is 35.5. The molecule has 1 aromatic carbocycles. The Kier molecular flexibility index (Phi) is 4.18. The van der Waals surface area contributed by atoms with Crippen molar-refractivity contribution in [2.24, 2.45) is 5.41 Å². The highest BCUT2D eigenvalue weighted by Crippen LogP contribution is 2.39. The van der Waals surface area contributed by atoms with Crippen molar-refractivity contribution in [1.82, 2.24) is 0 Å². The van der Waals surface area contributed by atoms with Gasteiger partial charge in [0.1, 0.15) is 5.94 Å². The van der Waals surface area contributed by atoms with Crippen LogP contribution in [0.4, 0.5) is 11.4 Å². The predicted octanol–water partition coefficient (Wildman–Crippen LogP) is 3.67. The Hall–Kier alpha value is -1.44. The van der Waals surface area contributed by atoms with Crippen LogP contribution < -0.4 is 11.1 Å². The van der Waals surface area contributed by atoms with Gasteiger partial charge in [0.25, 0.3) is 0 Å². The number of nitrogens with two attached hydrogens (primary N) is 1. The number of benzene rings is 1. The lowest BCUT2D eigenvalue weighted by Gasteiger charge is -2.39. The van der Waals surface area contributed by atoms with E-state index in [9.17, 15) is 4.79 Å². The summed E-state index contributed by atoms with van der Waals surface area (Å²) in [6.07, 6.45) is 5.96. The molecule has 0 bridgehead atoms. The summed E-state index contributed by atoms with van der Waals surface area (Å²) in [5, 5.41) is 4.07. The van der Waals surface area contributed by atoms with Gasteiger partial charge in [0.2, 0.25) is 0 Å². The third-order valence-corrected chi connectivity index (χ3v) is 4.28. The van der Waals surface area contributed by atoms with Gasteiger partial charge in [0.15, 0.2) is 0 Å². The average molecular weight is 279 g/mol. The highest BCUT2D eigenvalue weighted by molar-refractivity contribution is 6.33. The maximum absolute atomic E-state index is 10.7. The molecule has 102 valence electrons. The molecule has 2 atom stereocenters. The number of rotatable bonds is 3. The summed E-state index contributed by atoms with van der Waals surface area (Å²) < 4.78 is 0. The smallest absolute Gasteiger partial charge is 0.120 e. The molecule has 2 rings (SSSR count). The summed E-state index contributed by atoms with van der Waals surface area (Å²) in [5.74, 6) is 1.95. The second kappa shape index (κ2) is 5.68. The molecule has 1 aliphatic carbocycles. The zero-order chi connectivity index (χ0) is 13.9. The van der Waals surface area contributed by atoms with Gasteiger partial charge in [-0.2, -0.15) is 0 Å². The first kappa shape index (κ1) is 14.0. The average Bonchev–Trinajstić information content (AvgIpc) is 2.35. The molecule has 1 aromatic rings. The molecule has 3 nitrogen and oxygen atoms in total. The van der Waals surface area contributed by atoms with Crippen LogP contribution in [0.25, 0.3) is 0 Å². The molecule has 0 radical (unpaired) electrons. The first-order valence-electron chi connectivity index (χ1n) is 6.59. The van der Waals surface area contributed by atoms with Crippen molar-refractivity contribution in [2.45, 2.75) is 38.6 Å². The lowest BCUT2D eigenvalue weighted by molar-refractivity contribution is 0.257. The minimum absolute atomic E-state index is 0.162. The van der Waals surface area contributed by atoms with E-state index in [2.05, 4.69) is 12.2 Å². The lowest BCUT2D eigenvalue weighted by atomic mass is 9.71. The molecule has 0 heterocycles. The van der Waals surface area contributed by atoms with Crippen LogP contribution in [0.3, 0.4) is 0 Å². The van der Waals surface area contributed by atoms with Gasteiger partial charge in [-0.1, -0.05) is 31.4 Å². The van der Waals surface area contributed by atoms with Crippen molar-refractivity contribution >= 4 is 28.9 Å². The van der Waals surface area contributed by atoms with Crippen LogP contribution in [-0.4, -0.2) is 12.0 Å². The Morgan fingerprint density at radius 2 is 2.32 bits per heavy atom. The van der Waals surface area contributed by atoms with Crippen molar-refractivity contribution in [3.05, 3.63) is 29.3 Å².